The predicted octanol–water partition coefficient (Wildman–Crippen LogP) is 3.66. The number of ketones is 1. The molecule has 1 unspecified atom stereocenters. The maximum absolute atomic E-state index is 13.0. The number of imidazole rings is 1. The number of halogens is 1. The minimum absolute atomic E-state index is 0.0202. The van der Waals surface area contributed by atoms with Crippen LogP contribution in [0.2, 0.25) is 5.02 Å². The number of esters is 1. The Morgan fingerprint density at radius 1 is 1.28 bits per heavy atom. The molecular formula is C18H21ClN2O4. The largest absolute Gasteiger partial charge is 0.465 e. The molecule has 0 aliphatic rings. The number of carbonyl (C=O) groups is 2. The number of carbonyl (C=O) groups excluding carboxylic acids is 2. The van der Waals surface area contributed by atoms with Crippen molar-refractivity contribution in [3.63, 3.8) is 0 Å². The summed E-state index contributed by atoms with van der Waals surface area (Å²) in [5.41, 5.74) is -0.924. The molecule has 7 heteroatoms. The smallest absolute Gasteiger partial charge is 0.305 e. The highest BCUT2D eigenvalue weighted by molar-refractivity contribution is 6.30. The third-order valence-electron chi connectivity index (χ3n) is 3.63. The van der Waals surface area contributed by atoms with Crippen LogP contribution in [0, 0.1) is 5.41 Å². The van der Waals surface area contributed by atoms with E-state index in [-0.39, 0.29) is 24.8 Å². The minimum Gasteiger partial charge on any atom is -0.465 e. The first-order chi connectivity index (χ1) is 11.8. The third kappa shape index (κ3) is 5.06. The van der Waals surface area contributed by atoms with Gasteiger partial charge in [0.1, 0.15) is 12.4 Å². The lowest BCUT2D eigenvalue weighted by atomic mass is 9.88. The summed E-state index contributed by atoms with van der Waals surface area (Å²) in [7, 11) is 0. The number of rotatable bonds is 8. The van der Waals surface area contributed by atoms with Crippen LogP contribution in [0.25, 0.3) is 0 Å². The molecule has 1 aromatic heterocycles. The lowest BCUT2D eigenvalue weighted by Crippen LogP contribution is -2.39. The van der Waals surface area contributed by atoms with E-state index < -0.39 is 11.6 Å². The molecule has 0 amide bonds. The molecule has 1 heterocycles. The molecular weight excluding hydrogens is 344 g/mol. The summed E-state index contributed by atoms with van der Waals surface area (Å²) >= 11 is 5.88. The Kier molecular flexibility index (Phi) is 6.20. The van der Waals surface area contributed by atoms with Crippen molar-refractivity contribution in [2.75, 3.05) is 6.61 Å². The molecule has 0 spiro atoms. The summed E-state index contributed by atoms with van der Waals surface area (Å²) in [5, 5.41) is 0.574. The Balaban J connectivity index is 2.21. The van der Waals surface area contributed by atoms with E-state index in [1.54, 1.807) is 62.0 Å². The molecule has 0 fully saturated rings. The fourth-order valence-corrected chi connectivity index (χ4v) is 2.19. The number of ether oxygens (including phenoxy) is 2. The molecule has 0 radical (unpaired) electrons. The maximum Gasteiger partial charge on any atom is 0.305 e. The quantitative estimate of drug-likeness (QED) is 0.668. The Morgan fingerprint density at radius 3 is 2.52 bits per heavy atom. The molecule has 0 bridgehead atoms. The number of nitrogens with zero attached hydrogens (tertiary/aromatic N) is 2. The van der Waals surface area contributed by atoms with Gasteiger partial charge in [-0.2, -0.15) is 0 Å². The van der Waals surface area contributed by atoms with Crippen LogP contribution in [-0.2, 0) is 14.3 Å². The van der Waals surface area contributed by atoms with E-state index in [0.29, 0.717) is 10.8 Å². The van der Waals surface area contributed by atoms with Crippen molar-refractivity contribution in [1.82, 2.24) is 9.55 Å². The molecule has 0 saturated carbocycles. The average Bonchev–Trinajstić information content (AvgIpc) is 3.13. The van der Waals surface area contributed by atoms with E-state index in [2.05, 4.69) is 4.98 Å². The standard InChI is InChI=1S/C18H21ClN2O4/c1-4-15(22)24-11-18(2,3)16(23)17(21-10-9-20-12-21)25-14-7-5-13(19)6-8-14/h5-10,12,17H,4,11H2,1-3H3. The van der Waals surface area contributed by atoms with Crippen LogP contribution < -0.4 is 4.74 Å². The van der Waals surface area contributed by atoms with Gasteiger partial charge < -0.3 is 9.47 Å². The van der Waals surface area contributed by atoms with Crippen LogP contribution in [0.15, 0.2) is 43.0 Å². The highest BCUT2D eigenvalue weighted by Crippen LogP contribution is 2.28. The topological polar surface area (TPSA) is 70.4 Å². The van der Waals surface area contributed by atoms with Gasteiger partial charge in [-0.15, -0.1) is 0 Å². The summed E-state index contributed by atoms with van der Waals surface area (Å²) in [6, 6.07) is 6.73. The number of hydrogen-bond acceptors (Lipinski definition) is 5. The molecule has 2 rings (SSSR count). The van der Waals surface area contributed by atoms with Crippen molar-refractivity contribution in [3.05, 3.63) is 48.0 Å². The Morgan fingerprint density at radius 2 is 1.96 bits per heavy atom. The van der Waals surface area contributed by atoms with Crippen molar-refractivity contribution in [3.8, 4) is 5.75 Å². The highest BCUT2D eigenvalue weighted by atomic mass is 35.5. The first kappa shape index (κ1) is 19.0. The average molecular weight is 365 g/mol. The van der Waals surface area contributed by atoms with Crippen molar-refractivity contribution >= 4 is 23.4 Å². The number of Topliss-reactive ketones (excluding diaryl/α,β-unsaturated/α-hetero) is 1. The SMILES string of the molecule is CCC(=O)OCC(C)(C)C(=O)C(Oc1ccc(Cl)cc1)n1ccnc1. The van der Waals surface area contributed by atoms with Gasteiger partial charge in [-0.1, -0.05) is 18.5 Å². The van der Waals surface area contributed by atoms with Crippen LogP contribution in [0.4, 0.5) is 0 Å². The minimum atomic E-state index is -0.931. The molecule has 0 saturated heterocycles. The fraction of sp³-hybridized carbons (Fsp3) is 0.389. The zero-order valence-corrected chi connectivity index (χ0v) is 15.2. The van der Waals surface area contributed by atoms with E-state index in [1.807, 2.05) is 0 Å². The second-order valence-electron chi connectivity index (χ2n) is 6.20. The van der Waals surface area contributed by atoms with Crippen LogP contribution >= 0.6 is 11.6 Å². The molecule has 0 N–H and O–H groups in total. The molecule has 25 heavy (non-hydrogen) atoms. The van der Waals surface area contributed by atoms with Crippen molar-refractivity contribution < 1.29 is 19.1 Å². The highest BCUT2D eigenvalue weighted by Gasteiger charge is 2.37. The summed E-state index contributed by atoms with van der Waals surface area (Å²) in [4.78, 5) is 28.4. The van der Waals surface area contributed by atoms with Gasteiger partial charge in [0, 0.05) is 23.8 Å². The first-order valence-corrected chi connectivity index (χ1v) is 8.31. The zero-order chi connectivity index (χ0) is 18.4. The van der Waals surface area contributed by atoms with E-state index in [1.165, 1.54) is 6.33 Å². The summed E-state index contributed by atoms with van der Waals surface area (Å²) in [6.07, 6.45) is 4.05. The van der Waals surface area contributed by atoms with Gasteiger partial charge >= 0.3 is 5.97 Å². The second kappa shape index (κ2) is 8.16. The Bertz CT molecular complexity index is 711. The van der Waals surface area contributed by atoms with E-state index in [9.17, 15) is 9.59 Å². The first-order valence-electron chi connectivity index (χ1n) is 7.93. The van der Waals surface area contributed by atoms with Crippen LogP contribution in [0.1, 0.15) is 33.4 Å². The summed E-state index contributed by atoms with van der Waals surface area (Å²) < 4.78 is 12.6. The lowest BCUT2D eigenvalue weighted by molar-refractivity contribution is -0.152. The monoisotopic (exact) mass is 364 g/mol. The predicted molar refractivity (Wildman–Crippen MR) is 93.4 cm³/mol. The number of aromatic nitrogens is 2. The molecule has 2 aromatic rings. The summed E-state index contributed by atoms with van der Waals surface area (Å²) in [6.45, 7) is 5.11. The van der Waals surface area contributed by atoms with E-state index in [4.69, 9.17) is 21.1 Å². The van der Waals surface area contributed by atoms with Crippen LogP contribution in [0.5, 0.6) is 5.75 Å². The Hall–Kier alpha value is -2.34. The lowest BCUT2D eigenvalue weighted by Gasteiger charge is -2.28. The molecule has 134 valence electrons. The Labute approximate surface area is 151 Å². The maximum atomic E-state index is 13.0. The van der Waals surface area contributed by atoms with Crippen molar-refractivity contribution in [2.45, 2.75) is 33.4 Å². The molecule has 1 atom stereocenters. The third-order valence-corrected chi connectivity index (χ3v) is 3.88. The van der Waals surface area contributed by atoms with E-state index >= 15 is 0 Å². The van der Waals surface area contributed by atoms with Crippen molar-refractivity contribution in [1.29, 1.82) is 0 Å². The summed E-state index contributed by atoms with van der Waals surface area (Å²) in [5.74, 6) is -0.0826. The van der Waals surface area contributed by atoms with Gasteiger partial charge in [0.25, 0.3) is 0 Å². The second-order valence-corrected chi connectivity index (χ2v) is 6.63. The molecule has 0 aliphatic heterocycles. The fourth-order valence-electron chi connectivity index (χ4n) is 2.07. The van der Waals surface area contributed by atoms with Crippen molar-refractivity contribution in [2.24, 2.45) is 5.41 Å². The van der Waals surface area contributed by atoms with Gasteiger partial charge in [-0.25, -0.2) is 4.98 Å². The van der Waals surface area contributed by atoms with Gasteiger partial charge in [-0.05, 0) is 38.1 Å². The van der Waals surface area contributed by atoms with E-state index in [0.717, 1.165) is 0 Å². The molecule has 1 aromatic carbocycles. The van der Waals surface area contributed by atoms with Gasteiger partial charge in [-0.3, -0.25) is 14.2 Å². The molecule has 6 nitrogen and oxygen atoms in total. The number of hydrogen-bond donors (Lipinski definition) is 0. The van der Waals surface area contributed by atoms with Gasteiger partial charge in [0.15, 0.2) is 0 Å². The number of benzene rings is 1. The van der Waals surface area contributed by atoms with Crippen LogP contribution in [-0.4, -0.2) is 27.9 Å². The normalized spacial score (nSPS) is 12.5. The van der Waals surface area contributed by atoms with Gasteiger partial charge in [0.2, 0.25) is 12.0 Å². The van der Waals surface area contributed by atoms with Crippen LogP contribution in [0.3, 0.4) is 0 Å². The van der Waals surface area contributed by atoms with Gasteiger partial charge in [0.05, 0.1) is 11.7 Å². The molecule has 0 aliphatic carbocycles. The zero-order valence-electron chi connectivity index (χ0n) is 14.4.